The van der Waals surface area contributed by atoms with E-state index in [2.05, 4.69) is 15.9 Å². The van der Waals surface area contributed by atoms with E-state index in [0.717, 1.165) is 12.1 Å². The van der Waals surface area contributed by atoms with Crippen LogP contribution in [-0.4, -0.2) is 27.5 Å². The summed E-state index contributed by atoms with van der Waals surface area (Å²) >= 11 is 2.59. The van der Waals surface area contributed by atoms with Crippen molar-refractivity contribution in [3.05, 3.63) is 29.3 Å². The van der Waals surface area contributed by atoms with Crippen molar-refractivity contribution in [2.24, 2.45) is 0 Å². The van der Waals surface area contributed by atoms with E-state index in [1.54, 1.807) is 0 Å². The number of carboxylic acid groups (broad SMARTS) is 1. The van der Waals surface area contributed by atoms with Gasteiger partial charge in [0.1, 0.15) is 5.78 Å². The minimum Gasteiger partial charge on any atom is -0.479 e. The number of ketones is 1. The number of carboxylic acids is 1. The molecule has 0 radical (unpaired) electrons. The van der Waals surface area contributed by atoms with Gasteiger partial charge in [0.05, 0.1) is 4.83 Å². The first-order chi connectivity index (χ1) is 9.53. The summed E-state index contributed by atoms with van der Waals surface area (Å²) in [6.07, 6.45) is -2.02. The van der Waals surface area contributed by atoms with Crippen molar-refractivity contribution in [3.63, 3.8) is 0 Å². The predicted octanol–water partition coefficient (Wildman–Crippen LogP) is 3.44. The number of aliphatic hydroxyl groups is 1. The molecule has 0 saturated heterocycles. The molecule has 0 bridgehead atoms. The minimum atomic E-state index is -4.54. The van der Waals surface area contributed by atoms with Gasteiger partial charge in [-0.1, -0.05) is 22.0 Å². The number of hydrogen-bond acceptors (Lipinski definition) is 4. The Morgan fingerprint density at radius 1 is 1.29 bits per heavy atom. The molecule has 0 aromatic heterocycles. The van der Waals surface area contributed by atoms with Gasteiger partial charge in [-0.3, -0.25) is 4.79 Å². The van der Waals surface area contributed by atoms with E-state index in [0.29, 0.717) is 0 Å². The summed E-state index contributed by atoms with van der Waals surface area (Å²) in [5.74, 6) is -1.99. The first kappa shape index (κ1) is 18.0. The van der Waals surface area contributed by atoms with Crippen LogP contribution in [0.1, 0.15) is 29.0 Å². The van der Waals surface area contributed by atoms with Gasteiger partial charge >= 0.3 is 11.5 Å². The van der Waals surface area contributed by atoms with Gasteiger partial charge in [-0.2, -0.15) is 13.2 Å². The van der Waals surface area contributed by atoms with Crippen molar-refractivity contribution < 1.29 is 33.0 Å². The summed E-state index contributed by atoms with van der Waals surface area (Å²) in [6.45, 7) is 1.23. The second-order valence-electron chi connectivity index (χ2n) is 4.05. The largest absolute Gasteiger partial charge is 0.479 e. The maximum Gasteiger partial charge on any atom is 0.446 e. The summed E-state index contributed by atoms with van der Waals surface area (Å²) in [5.41, 5.74) is -4.68. The van der Waals surface area contributed by atoms with Crippen molar-refractivity contribution in [3.8, 4) is 0 Å². The van der Waals surface area contributed by atoms with Crippen molar-refractivity contribution in [2.75, 3.05) is 0 Å². The smallest absolute Gasteiger partial charge is 0.446 e. The zero-order valence-electron chi connectivity index (χ0n) is 10.5. The molecule has 0 saturated carbocycles. The highest BCUT2D eigenvalue weighted by molar-refractivity contribution is 9.09. The first-order valence-corrected chi connectivity index (χ1v) is 7.21. The van der Waals surface area contributed by atoms with Gasteiger partial charge in [-0.15, -0.1) is 0 Å². The minimum absolute atomic E-state index is 0.115. The zero-order chi connectivity index (χ0) is 16.4. The van der Waals surface area contributed by atoms with Crippen LogP contribution in [0.3, 0.4) is 0 Å². The van der Waals surface area contributed by atoms with Crippen LogP contribution in [0, 0.1) is 0 Å². The number of halogens is 4. The lowest BCUT2D eigenvalue weighted by Gasteiger charge is -2.17. The fraction of sp³-hybridized carbons (Fsp3) is 0.333. The highest BCUT2D eigenvalue weighted by Crippen LogP contribution is 2.40. The molecular formula is C12H10BrF3O4S. The van der Waals surface area contributed by atoms with E-state index in [4.69, 9.17) is 5.11 Å². The van der Waals surface area contributed by atoms with Crippen LogP contribution in [0.25, 0.3) is 0 Å². The van der Waals surface area contributed by atoms with Crippen molar-refractivity contribution in [1.82, 2.24) is 0 Å². The Balaban J connectivity index is 3.33. The van der Waals surface area contributed by atoms with Gasteiger partial charge in [-0.05, 0) is 41.9 Å². The van der Waals surface area contributed by atoms with E-state index in [9.17, 15) is 27.9 Å². The average Bonchev–Trinajstić information content (AvgIpc) is 2.34. The first-order valence-electron chi connectivity index (χ1n) is 5.48. The third-order valence-electron chi connectivity index (χ3n) is 2.45. The molecule has 0 spiro atoms. The van der Waals surface area contributed by atoms with Gasteiger partial charge in [0.25, 0.3) is 0 Å². The molecule has 2 atom stereocenters. The molecule has 0 aliphatic heterocycles. The molecule has 0 amide bonds. The van der Waals surface area contributed by atoms with Crippen molar-refractivity contribution in [1.29, 1.82) is 0 Å². The Labute approximate surface area is 130 Å². The SMILES string of the molecule is CC(=O)C(Br)c1ccc(SC(F)(F)F)cc1C(O)C(=O)O. The highest BCUT2D eigenvalue weighted by Gasteiger charge is 2.31. The number of aliphatic carboxylic acids is 1. The van der Waals surface area contributed by atoms with Crippen LogP contribution < -0.4 is 0 Å². The lowest BCUT2D eigenvalue weighted by atomic mass is 9.98. The quantitative estimate of drug-likeness (QED) is 0.598. The van der Waals surface area contributed by atoms with Crippen LogP contribution in [0.15, 0.2) is 23.1 Å². The zero-order valence-corrected chi connectivity index (χ0v) is 12.9. The number of thioether (sulfide) groups is 1. The molecule has 21 heavy (non-hydrogen) atoms. The van der Waals surface area contributed by atoms with E-state index < -0.39 is 34.2 Å². The molecule has 1 aromatic carbocycles. The number of hydrogen-bond donors (Lipinski definition) is 2. The molecule has 9 heteroatoms. The van der Waals surface area contributed by atoms with Gasteiger partial charge in [0.2, 0.25) is 0 Å². The van der Waals surface area contributed by atoms with E-state index in [1.807, 2.05) is 0 Å². The van der Waals surface area contributed by atoms with Crippen LogP contribution in [0.5, 0.6) is 0 Å². The van der Waals surface area contributed by atoms with E-state index in [-0.39, 0.29) is 21.8 Å². The number of carbonyl (C=O) groups excluding carboxylic acids is 1. The topological polar surface area (TPSA) is 74.6 Å². The molecule has 1 rings (SSSR count). The molecule has 4 nitrogen and oxygen atoms in total. The summed E-state index contributed by atoms with van der Waals surface area (Å²) in [4.78, 5) is 21.0. The van der Waals surface area contributed by atoms with Gasteiger partial charge in [0.15, 0.2) is 6.10 Å². The second kappa shape index (κ2) is 6.80. The van der Waals surface area contributed by atoms with Gasteiger partial charge in [-0.25, -0.2) is 4.79 Å². The highest BCUT2D eigenvalue weighted by atomic mass is 79.9. The fourth-order valence-electron chi connectivity index (χ4n) is 1.57. The summed E-state index contributed by atoms with van der Waals surface area (Å²) in [7, 11) is 0. The number of carbonyl (C=O) groups is 2. The van der Waals surface area contributed by atoms with Crippen molar-refractivity contribution in [2.45, 2.75) is 28.3 Å². The molecular weight excluding hydrogens is 377 g/mol. The Kier molecular flexibility index (Phi) is 5.83. The van der Waals surface area contributed by atoms with Crippen LogP contribution in [0.2, 0.25) is 0 Å². The van der Waals surface area contributed by atoms with Gasteiger partial charge < -0.3 is 10.2 Å². The number of alkyl halides is 4. The summed E-state index contributed by atoms with van der Waals surface area (Å²) in [5, 5.41) is 18.4. The van der Waals surface area contributed by atoms with Crippen LogP contribution in [-0.2, 0) is 9.59 Å². The third kappa shape index (κ3) is 5.01. The predicted molar refractivity (Wildman–Crippen MR) is 73.3 cm³/mol. The molecule has 0 fully saturated rings. The number of aliphatic hydroxyl groups excluding tert-OH is 1. The van der Waals surface area contributed by atoms with Crippen LogP contribution >= 0.6 is 27.7 Å². The molecule has 0 aliphatic rings. The summed E-state index contributed by atoms with van der Waals surface area (Å²) in [6, 6.07) is 3.22. The lowest BCUT2D eigenvalue weighted by Crippen LogP contribution is -2.15. The lowest BCUT2D eigenvalue weighted by molar-refractivity contribution is -0.147. The van der Waals surface area contributed by atoms with Crippen molar-refractivity contribution >= 4 is 39.4 Å². The maximum absolute atomic E-state index is 12.3. The standard InChI is InChI=1S/C12H10BrF3O4S/c1-5(17)9(13)7-3-2-6(21-12(14,15)16)4-8(7)10(18)11(19)20/h2-4,9-10,18H,1H3,(H,19,20). The Bertz CT molecular complexity index is 562. The van der Waals surface area contributed by atoms with E-state index >= 15 is 0 Å². The normalized spacial score (nSPS) is 14.6. The fourth-order valence-corrected chi connectivity index (χ4v) is 2.58. The molecule has 2 unspecified atom stereocenters. The molecule has 116 valence electrons. The number of Topliss-reactive ketones (excluding diaryl/α,β-unsaturated/α-hetero) is 1. The molecule has 1 aromatic rings. The number of benzene rings is 1. The Morgan fingerprint density at radius 2 is 1.86 bits per heavy atom. The molecule has 0 heterocycles. The van der Waals surface area contributed by atoms with E-state index in [1.165, 1.54) is 13.0 Å². The molecule has 2 N–H and O–H groups in total. The molecule has 0 aliphatic carbocycles. The monoisotopic (exact) mass is 386 g/mol. The second-order valence-corrected chi connectivity index (χ2v) is 6.11. The van der Waals surface area contributed by atoms with Crippen LogP contribution in [0.4, 0.5) is 13.2 Å². The summed E-state index contributed by atoms with van der Waals surface area (Å²) < 4.78 is 37.0. The maximum atomic E-state index is 12.3. The Hall–Kier alpha value is -1.06. The third-order valence-corrected chi connectivity index (χ3v) is 4.31. The number of rotatable bonds is 5. The average molecular weight is 387 g/mol. The Morgan fingerprint density at radius 3 is 2.29 bits per heavy atom. The van der Waals surface area contributed by atoms with Gasteiger partial charge in [0, 0.05) is 4.90 Å².